The maximum absolute atomic E-state index is 14.3. The minimum Gasteiger partial charge on any atom is -0.460 e. The number of alkyl halides is 42. The molecule has 3 atom stereocenters. The van der Waals surface area contributed by atoms with E-state index in [4.69, 9.17) is 14.9 Å². The van der Waals surface area contributed by atoms with Gasteiger partial charge in [0, 0.05) is 32.5 Å². The number of carbonyl (C=O) groups is 3. The fraction of sp³-hybridized carbons (Fsp3) is 0.921. The highest BCUT2D eigenvalue weighted by molar-refractivity contribution is 5.79. The number of esters is 2. The molecular weight excluding hydrogens is 1480 g/mol. The second kappa shape index (κ2) is 31.0. The zero-order chi connectivity index (χ0) is 77.3. The normalized spacial score (nSPS) is 17.1. The molecular formula is C38H35F43O13. The molecule has 0 heterocycles. The van der Waals surface area contributed by atoms with E-state index >= 15 is 0 Å². The highest BCUT2D eigenvalue weighted by atomic mass is 19.5. The zero-order valence-corrected chi connectivity index (χ0v) is 45.0. The second-order valence-electron chi connectivity index (χ2n) is 18.0. The van der Waals surface area contributed by atoms with Crippen LogP contribution in [0.15, 0.2) is 0 Å². The summed E-state index contributed by atoms with van der Waals surface area (Å²) in [6.45, 7) is -4.90. The first-order chi connectivity index (χ1) is 40.6. The first-order valence-electron chi connectivity index (χ1n) is 22.0. The van der Waals surface area contributed by atoms with Gasteiger partial charge in [0.2, 0.25) is 0 Å². The number of ether oxygens (including phenoxy) is 8. The fourth-order valence-corrected chi connectivity index (χ4v) is 4.43. The number of halogens is 43. The standard InChI is InChI=1S/C18H12F22O7.C8H9F9O.C6F12O2.C6H14O3/c1-8(3-43-2,4-44-6(41)9(19,13(25,26)27)46-17(37,38)11(21,22)15(31,32)33)5-45-7(42)10(20,14(28,29)30)47-18(39,40)12(23,24)16(34,35)36;1-2-5(9,10)7(13,14)6(11,12)3-4-18-8(15,16)17;7-1(19)2(8,4(11,12)13)20-6(17,18)3(9,10)5(14,15)16;1-6(3-7,4-8)5-9-2/h3-5H2,1-2H3;2-4H2,1H3;;7-8H,3-5H2,1-2H3. The van der Waals surface area contributed by atoms with Gasteiger partial charge in [-0.2, -0.15) is 176 Å². The lowest BCUT2D eigenvalue weighted by molar-refractivity contribution is -0.475. The van der Waals surface area contributed by atoms with Gasteiger partial charge in [-0.05, 0) is 0 Å². The quantitative estimate of drug-likeness (QED) is 0.0432. The molecule has 13 nitrogen and oxygen atoms in total. The lowest BCUT2D eigenvalue weighted by Gasteiger charge is -2.35. The van der Waals surface area contributed by atoms with Gasteiger partial charge in [0.1, 0.15) is 13.2 Å². The molecule has 566 valence electrons. The Hall–Kier alpha value is -4.72. The van der Waals surface area contributed by atoms with Crippen LogP contribution in [0.4, 0.5) is 189 Å². The van der Waals surface area contributed by atoms with Crippen LogP contribution in [0.3, 0.4) is 0 Å². The average Bonchev–Trinajstić information content (AvgIpc) is 0.765. The molecule has 0 aromatic rings. The summed E-state index contributed by atoms with van der Waals surface area (Å²) < 4.78 is 562. The van der Waals surface area contributed by atoms with Gasteiger partial charge in [0.05, 0.1) is 38.4 Å². The molecule has 0 aromatic heterocycles. The molecule has 0 radical (unpaired) electrons. The van der Waals surface area contributed by atoms with Crippen LogP contribution in [0.5, 0.6) is 0 Å². The third-order valence-corrected chi connectivity index (χ3v) is 9.74. The summed E-state index contributed by atoms with van der Waals surface area (Å²) in [5.74, 6) is -67.3. The summed E-state index contributed by atoms with van der Waals surface area (Å²) in [7, 11) is 2.04. The molecule has 0 fully saturated rings. The van der Waals surface area contributed by atoms with Crippen LogP contribution in [-0.4, -0.2) is 204 Å². The molecule has 0 amide bonds. The zero-order valence-electron chi connectivity index (χ0n) is 45.0. The Kier molecular flexibility index (Phi) is 31.6. The van der Waals surface area contributed by atoms with Gasteiger partial charge in [0.25, 0.3) is 0 Å². The van der Waals surface area contributed by atoms with Gasteiger partial charge in [-0.25, -0.2) is 9.59 Å². The van der Waals surface area contributed by atoms with Gasteiger partial charge >= 0.3 is 133 Å². The molecule has 0 saturated carbocycles. The van der Waals surface area contributed by atoms with Crippen LogP contribution in [0, 0.1) is 10.8 Å². The van der Waals surface area contributed by atoms with E-state index in [0.29, 0.717) is 20.6 Å². The third kappa shape index (κ3) is 23.2. The number of hydrogen-bond acceptors (Lipinski definition) is 13. The van der Waals surface area contributed by atoms with Crippen molar-refractivity contribution < 1.29 is 251 Å². The number of aliphatic hydroxyl groups excluding tert-OH is 2. The molecule has 3 unspecified atom stereocenters. The van der Waals surface area contributed by atoms with Crippen molar-refractivity contribution in [3.8, 4) is 0 Å². The van der Waals surface area contributed by atoms with E-state index in [-0.39, 0.29) is 20.1 Å². The van der Waals surface area contributed by atoms with Crippen LogP contribution in [0.25, 0.3) is 0 Å². The Labute approximate surface area is 489 Å². The van der Waals surface area contributed by atoms with Crippen molar-refractivity contribution in [2.45, 2.75) is 148 Å². The van der Waals surface area contributed by atoms with Gasteiger partial charge < -0.3 is 29.2 Å². The first-order valence-corrected chi connectivity index (χ1v) is 22.0. The lowest BCUT2D eigenvalue weighted by Crippen LogP contribution is -2.62. The van der Waals surface area contributed by atoms with Crippen molar-refractivity contribution in [1.29, 1.82) is 0 Å². The van der Waals surface area contributed by atoms with E-state index < -0.39 is 183 Å². The number of aliphatic hydroxyl groups is 2. The minimum atomic E-state index is -7.65. The number of hydrogen-bond donors (Lipinski definition) is 2. The molecule has 0 spiro atoms. The highest BCUT2D eigenvalue weighted by Gasteiger charge is 2.83. The monoisotopic (exact) mass is 1520 g/mol. The van der Waals surface area contributed by atoms with Crippen LogP contribution in [0.1, 0.15) is 33.6 Å². The summed E-state index contributed by atoms with van der Waals surface area (Å²) in [6, 6.07) is -4.39. The van der Waals surface area contributed by atoms with Crippen LogP contribution in [-0.2, 0) is 52.3 Å². The smallest absolute Gasteiger partial charge is 0.460 e. The van der Waals surface area contributed by atoms with Crippen molar-refractivity contribution in [3.63, 3.8) is 0 Å². The largest absolute Gasteiger partial charge is 0.522 e. The molecule has 0 aromatic carbocycles. The summed E-state index contributed by atoms with van der Waals surface area (Å²) >= 11 is 0. The number of methoxy groups -OCH3 is 2. The molecule has 56 heteroatoms. The van der Waals surface area contributed by atoms with Crippen molar-refractivity contribution in [1.82, 2.24) is 0 Å². The molecule has 0 aliphatic carbocycles. The van der Waals surface area contributed by atoms with Crippen molar-refractivity contribution >= 4 is 18.0 Å². The third-order valence-electron chi connectivity index (χ3n) is 9.74. The predicted molar refractivity (Wildman–Crippen MR) is 205 cm³/mol. The first kappa shape index (κ1) is 95.7. The van der Waals surface area contributed by atoms with E-state index in [0.717, 1.165) is 0 Å². The van der Waals surface area contributed by atoms with E-state index in [1.54, 1.807) is 14.0 Å². The Balaban J connectivity index is -0.000000699. The maximum atomic E-state index is 14.3. The molecule has 0 aliphatic rings. The van der Waals surface area contributed by atoms with Crippen LogP contribution in [0.2, 0.25) is 0 Å². The average molecular weight is 1520 g/mol. The fourth-order valence-electron chi connectivity index (χ4n) is 4.43. The number of rotatable bonds is 28. The van der Waals surface area contributed by atoms with Crippen molar-refractivity contribution in [3.05, 3.63) is 0 Å². The van der Waals surface area contributed by atoms with E-state index in [1.807, 2.05) is 9.47 Å². The molecule has 94 heavy (non-hydrogen) atoms. The Morgan fingerprint density at radius 1 is 0.351 bits per heavy atom. The topological polar surface area (TPSA) is 166 Å². The van der Waals surface area contributed by atoms with Gasteiger partial charge in [-0.15, -0.1) is 13.2 Å². The Bertz CT molecular complexity index is 2290. The number of carbonyl (C=O) groups excluding carboxylic acids is 3. The lowest BCUT2D eigenvalue weighted by atomic mass is 9.94. The summed E-state index contributed by atoms with van der Waals surface area (Å²) in [6.07, 6.45) is -75.1. The van der Waals surface area contributed by atoms with E-state index in [9.17, 15) is 203 Å². The van der Waals surface area contributed by atoms with E-state index in [2.05, 4.69) is 18.9 Å². The summed E-state index contributed by atoms with van der Waals surface area (Å²) in [5, 5.41) is 17.4. The second-order valence-corrected chi connectivity index (χ2v) is 18.0. The van der Waals surface area contributed by atoms with Crippen LogP contribution >= 0.6 is 0 Å². The molecule has 0 aliphatic heterocycles. The van der Waals surface area contributed by atoms with Gasteiger partial charge in [-0.1, -0.05) is 20.8 Å². The Morgan fingerprint density at radius 2 is 0.606 bits per heavy atom. The summed E-state index contributed by atoms with van der Waals surface area (Å²) in [4.78, 5) is 32.9. The Morgan fingerprint density at radius 3 is 0.798 bits per heavy atom. The molecule has 0 saturated heterocycles. The SMILES string of the molecule is CCC(F)(F)C(F)(F)C(F)(F)CCOC(F)(F)F.COCC(C)(CO)CO.COCC(C)(COC(=O)C(F)(OC(F)(F)C(F)(F)C(F)(F)F)C(F)(F)F)COC(=O)C(F)(OC(F)(F)C(F)(F)C(F)(F)F)C(F)(F)F.O=C(F)C(F)(OC(F)(F)C(F)(F)C(F)(F)F)C(F)(F)F. The van der Waals surface area contributed by atoms with Gasteiger partial charge in [-0.3, -0.25) is 23.7 Å². The molecule has 2 N–H and O–H groups in total. The van der Waals surface area contributed by atoms with Crippen LogP contribution < -0.4 is 0 Å². The van der Waals surface area contributed by atoms with E-state index in [1.165, 1.54) is 4.74 Å². The van der Waals surface area contributed by atoms with Crippen molar-refractivity contribution in [2.24, 2.45) is 10.8 Å². The predicted octanol–water partition coefficient (Wildman–Crippen LogP) is 14.2. The van der Waals surface area contributed by atoms with Crippen molar-refractivity contribution in [2.75, 3.05) is 60.5 Å². The summed E-state index contributed by atoms with van der Waals surface area (Å²) in [5.41, 5.74) is -3.40. The molecule has 0 rings (SSSR count). The maximum Gasteiger partial charge on any atom is 0.522 e. The van der Waals surface area contributed by atoms with Gasteiger partial charge in [0.15, 0.2) is 0 Å². The molecule has 0 bridgehead atoms. The minimum absolute atomic E-state index is 0.0443. The highest BCUT2D eigenvalue weighted by Crippen LogP contribution is 2.55.